The molecule has 0 spiro atoms. The SMILES string of the molecule is O=c1oc2cc(O)ccc2cc1-n1cc(COC2CSCC2S)nn1. The minimum absolute atomic E-state index is 0.0381. The summed E-state index contributed by atoms with van der Waals surface area (Å²) in [6, 6.07) is 6.24. The highest BCUT2D eigenvalue weighted by atomic mass is 32.2. The Labute approximate surface area is 152 Å². The fourth-order valence-electron chi connectivity index (χ4n) is 2.61. The van der Waals surface area contributed by atoms with Gasteiger partial charge < -0.3 is 14.3 Å². The quantitative estimate of drug-likeness (QED) is 0.531. The summed E-state index contributed by atoms with van der Waals surface area (Å²) < 4.78 is 12.4. The maximum Gasteiger partial charge on any atom is 0.362 e. The Morgan fingerprint density at radius 3 is 3.08 bits per heavy atom. The predicted molar refractivity (Wildman–Crippen MR) is 97.7 cm³/mol. The lowest BCUT2D eigenvalue weighted by molar-refractivity contribution is 0.0599. The summed E-state index contributed by atoms with van der Waals surface area (Å²) >= 11 is 6.31. The van der Waals surface area contributed by atoms with Gasteiger partial charge >= 0.3 is 5.63 Å². The lowest BCUT2D eigenvalue weighted by Gasteiger charge is -2.13. The minimum Gasteiger partial charge on any atom is -0.508 e. The third-order valence-corrected chi connectivity index (χ3v) is 5.86. The number of phenols is 1. The van der Waals surface area contributed by atoms with Crippen LogP contribution in [0, 0.1) is 0 Å². The molecule has 1 fully saturated rings. The van der Waals surface area contributed by atoms with Gasteiger partial charge in [-0.3, -0.25) is 0 Å². The van der Waals surface area contributed by atoms with E-state index in [1.165, 1.54) is 16.8 Å². The van der Waals surface area contributed by atoms with Crippen molar-refractivity contribution in [3.05, 3.63) is 46.6 Å². The molecular weight excluding hydrogens is 362 g/mol. The molecule has 1 aromatic carbocycles. The van der Waals surface area contributed by atoms with Crippen molar-refractivity contribution in [3.8, 4) is 11.4 Å². The van der Waals surface area contributed by atoms with Gasteiger partial charge in [-0.15, -0.1) is 5.10 Å². The van der Waals surface area contributed by atoms with Crippen molar-refractivity contribution in [2.75, 3.05) is 11.5 Å². The van der Waals surface area contributed by atoms with Crippen LogP contribution in [0.25, 0.3) is 16.7 Å². The van der Waals surface area contributed by atoms with Crippen molar-refractivity contribution in [2.45, 2.75) is 18.0 Å². The second-order valence-corrected chi connectivity index (χ2v) is 7.49. The number of ether oxygens (including phenoxy) is 1. The van der Waals surface area contributed by atoms with Crippen molar-refractivity contribution < 1.29 is 14.3 Å². The van der Waals surface area contributed by atoms with E-state index in [-0.39, 0.29) is 22.8 Å². The molecule has 3 heterocycles. The van der Waals surface area contributed by atoms with Crippen LogP contribution in [0.5, 0.6) is 5.75 Å². The normalized spacial score (nSPS) is 20.4. The molecule has 9 heteroatoms. The first-order chi connectivity index (χ1) is 12.1. The lowest BCUT2D eigenvalue weighted by Crippen LogP contribution is -2.22. The Kier molecular flexibility index (Phi) is 4.45. The van der Waals surface area contributed by atoms with Gasteiger partial charge in [0, 0.05) is 28.2 Å². The van der Waals surface area contributed by atoms with E-state index in [9.17, 15) is 9.90 Å². The molecule has 0 radical (unpaired) electrons. The number of thioether (sulfide) groups is 1. The second-order valence-electron chi connectivity index (χ2n) is 5.75. The zero-order valence-corrected chi connectivity index (χ0v) is 14.7. The molecular formula is C16H15N3O4S2. The molecule has 1 aliphatic rings. The Balaban J connectivity index is 1.57. The molecule has 4 rings (SSSR count). The molecule has 1 aliphatic heterocycles. The van der Waals surface area contributed by atoms with Crippen molar-refractivity contribution in [1.29, 1.82) is 0 Å². The van der Waals surface area contributed by atoms with Gasteiger partial charge in [-0.1, -0.05) is 5.21 Å². The Bertz CT molecular complexity index is 971. The fraction of sp³-hybridized carbons (Fsp3) is 0.312. The van der Waals surface area contributed by atoms with Crippen molar-refractivity contribution in [3.63, 3.8) is 0 Å². The molecule has 2 unspecified atom stereocenters. The molecule has 0 aliphatic carbocycles. The Hall–Kier alpha value is -1.97. The van der Waals surface area contributed by atoms with Crippen molar-refractivity contribution in [1.82, 2.24) is 15.0 Å². The van der Waals surface area contributed by atoms with Gasteiger partial charge in [0.1, 0.15) is 17.0 Å². The molecule has 0 bridgehead atoms. The molecule has 1 saturated heterocycles. The number of nitrogens with zero attached hydrogens (tertiary/aromatic N) is 3. The summed E-state index contributed by atoms with van der Waals surface area (Å²) in [6.45, 7) is 0.315. The maximum atomic E-state index is 12.2. The van der Waals surface area contributed by atoms with Gasteiger partial charge in [-0.05, 0) is 18.2 Å². The minimum atomic E-state index is -0.557. The van der Waals surface area contributed by atoms with Crippen LogP contribution in [-0.2, 0) is 11.3 Å². The standard InChI is InChI=1S/C16H15N3O4S2/c20-11-2-1-9-3-12(16(21)23-13(9)4-11)19-5-10(17-18-19)6-22-14-7-25-8-15(14)24/h1-5,14-15,20,24H,6-8H2. The summed E-state index contributed by atoms with van der Waals surface area (Å²) in [7, 11) is 0. The maximum absolute atomic E-state index is 12.2. The molecule has 0 amide bonds. The lowest BCUT2D eigenvalue weighted by atomic mass is 10.2. The third kappa shape index (κ3) is 3.39. The van der Waals surface area contributed by atoms with Gasteiger partial charge in [0.05, 0.1) is 18.9 Å². The number of aromatic nitrogens is 3. The monoisotopic (exact) mass is 377 g/mol. The van der Waals surface area contributed by atoms with Crippen LogP contribution in [0.3, 0.4) is 0 Å². The highest BCUT2D eigenvalue weighted by molar-refractivity contribution is 8.00. The van der Waals surface area contributed by atoms with Crippen LogP contribution in [0.15, 0.2) is 39.7 Å². The molecule has 1 N–H and O–H groups in total. The van der Waals surface area contributed by atoms with Gasteiger partial charge in [0.2, 0.25) is 0 Å². The summed E-state index contributed by atoms with van der Waals surface area (Å²) in [4.78, 5) is 12.2. The van der Waals surface area contributed by atoms with E-state index in [1.807, 2.05) is 11.8 Å². The van der Waals surface area contributed by atoms with Gasteiger partial charge in [0.25, 0.3) is 0 Å². The van der Waals surface area contributed by atoms with Crippen molar-refractivity contribution >= 4 is 35.4 Å². The summed E-state index contributed by atoms with van der Waals surface area (Å²) in [5.41, 5.74) is 0.636. The van der Waals surface area contributed by atoms with Crippen LogP contribution in [-0.4, -0.2) is 43.0 Å². The predicted octanol–water partition coefficient (Wildman–Crippen LogP) is 2.01. The van der Waals surface area contributed by atoms with Gasteiger partial charge in [-0.25, -0.2) is 9.48 Å². The van der Waals surface area contributed by atoms with Crippen LogP contribution in [0.4, 0.5) is 0 Å². The smallest absolute Gasteiger partial charge is 0.362 e. The Morgan fingerprint density at radius 1 is 1.40 bits per heavy atom. The average molecular weight is 377 g/mol. The van der Waals surface area contributed by atoms with Gasteiger partial charge in [0.15, 0.2) is 5.69 Å². The van der Waals surface area contributed by atoms with Crippen LogP contribution in [0.1, 0.15) is 5.69 Å². The first-order valence-electron chi connectivity index (χ1n) is 7.66. The highest BCUT2D eigenvalue weighted by Crippen LogP contribution is 2.25. The van der Waals surface area contributed by atoms with Crippen LogP contribution >= 0.6 is 24.4 Å². The zero-order chi connectivity index (χ0) is 17.4. The topological polar surface area (TPSA) is 90.4 Å². The molecule has 3 aromatic rings. The first kappa shape index (κ1) is 16.5. The number of hydrogen-bond acceptors (Lipinski definition) is 8. The number of aromatic hydroxyl groups is 1. The number of hydrogen-bond donors (Lipinski definition) is 2. The molecule has 0 saturated carbocycles. The first-order valence-corrected chi connectivity index (χ1v) is 9.33. The highest BCUT2D eigenvalue weighted by Gasteiger charge is 2.25. The summed E-state index contributed by atoms with van der Waals surface area (Å²) in [5, 5.41) is 18.4. The second kappa shape index (κ2) is 6.74. The average Bonchev–Trinajstić information content (AvgIpc) is 3.21. The van der Waals surface area contributed by atoms with E-state index in [4.69, 9.17) is 9.15 Å². The number of rotatable bonds is 4. The van der Waals surface area contributed by atoms with E-state index in [2.05, 4.69) is 22.9 Å². The number of phenolic OH excluding ortho intramolecular Hbond substituents is 1. The Morgan fingerprint density at radius 2 is 2.28 bits per heavy atom. The number of thiol groups is 1. The molecule has 2 atom stereocenters. The zero-order valence-electron chi connectivity index (χ0n) is 13.0. The molecule has 25 heavy (non-hydrogen) atoms. The summed E-state index contributed by atoms with van der Waals surface area (Å²) in [6.07, 6.45) is 1.74. The number of fused-ring (bicyclic) bond motifs is 1. The van der Waals surface area contributed by atoms with E-state index in [1.54, 1.807) is 18.3 Å². The largest absolute Gasteiger partial charge is 0.508 e. The third-order valence-electron chi connectivity index (χ3n) is 3.93. The molecule has 2 aromatic heterocycles. The number of benzene rings is 1. The van der Waals surface area contributed by atoms with E-state index in [0.29, 0.717) is 23.3 Å². The van der Waals surface area contributed by atoms with Crippen LogP contribution < -0.4 is 5.63 Å². The van der Waals surface area contributed by atoms with Crippen molar-refractivity contribution in [2.24, 2.45) is 0 Å². The van der Waals surface area contributed by atoms with E-state index < -0.39 is 5.63 Å². The molecule has 7 nitrogen and oxygen atoms in total. The van der Waals surface area contributed by atoms with E-state index in [0.717, 1.165) is 11.5 Å². The van der Waals surface area contributed by atoms with Gasteiger partial charge in [-0.2, -0.15) is 24.4 Å². The van der Waals surface area contributed by atoms with Crippen LogP contribution in [0.2, 0.25) is 0 Å². The summed E-state index contributed by atoms with van der Waals surface area (Å²) in [5.74, 6) is 1.94. The fourth-order valence-corrected chi connectivity index (χ4v) is 4.41. The van der Waals surface area contributed by atoms with E-state index >= 15 is 0 Å². The molecule has 130 valence electrons.